The van der Waals surface area contributed by atoms with Crippen LogP contribution in [0.5, 0.6) is 0 Å². The highest BCUT2D eigenvalue weighted by atomic mass is 33.1. The van der Waals surface area contributed by atoms with Crippen LogP contribution in [0.15, 0.2) is 58.3 Å². The minimum atomic E-state index is -1.05. The molecule has 0 saturated heterocycles. The van der Waals surface area contributed by atoms with E-state index in [0.717, 1.165) is 0 Å². The molecule has 0 aliphatic heterocycles. The summed E-state index contributed by atoms with van der Waals surface area (Å²) in [6, 6.07) is 12.0. The van der Waals surface area contributed by atoms with E-state index in [1.165, 1.54) is 45.5 Å². The molecule has 38 heavy (non-hydrogen) atoms. The zero-order chi connectivity index (χ0) is 28.6. The first kappa shape index (κ1) is 31.2. The van der Waals surface area contributed by atoms with E-state index in [2.05, 4.69) is 0 Å². The summed E-state index contributed by atoms with van der Waals surface area (Å²) in [5.74, 6) is -2.71. The third-order valence-electron chi connectivity index (χ3n) is 5.99. The van der Waals surface area contributed by atoms with Gasteiger partial charge in [-0.15, -0.1) is 0 Å². The van der Waals surface area contributed by atoms with Crippen LogP contribution in [0.25, 0.3) is 0 Å². The summed E-state index contributed by atoms with van der Waals surface area (Å²) in [7, 11) is 5.56. The zero-order valence-corrected chi connectivity index (χ0v) is 24.2. The summed E-state index contributed by atoms with van der Waals surface area (Å²) < 4.78 is 0. The Balaban J connectivity index is 2.29. The standard InChI is InChI=1S/C28H36N2O6S2/c1-17(2)15-21(27(33)34)29(5)25(31)19-11-7-9-13-23(19)37-38-24-14-10-8-12-20(24)26(32)30(6)22(28(35)36)16-18(3)4/h7-14,17-18,21-22H,15-16H2,1-6H3,(H,33,34)(H,35,36). The lowest BCUT2D eigenvalue weighted by Gasteiger charge is -2.27. The van der Waals surface area contributed by atoms with Crippen molar-refractivity contribution in [1.82, 2.24) is 9.80 Å². The first-order valence-electron chi connectivity index (χ1n) is 12.4. The van der Waals surface area contributed by atoms with Crippen LogP contribution < -0.4 is 0 Å². The molecule has 0 spiro atoms. The van der Waals surface area contributed by atoms with Crippen molar-refractivity contribution in [3.8, 4) is 0 Å². The third-order valence-corrected chi connectivity index (χ3v) is 8.47. The van der Waals surface area contributed by atoms with E-state index in [1.54, 1.807) is 48.5 Å². The van der Waals surface area contributed by atoms with Gasteiger partial charge in [0.15, 0.2) is 0 Å². The number of hydrogen-bond donors (Lipinski definition) is 2. The van der Waals surface area contributed by atoms with Gasteiger partial charge in [-0.3, -0.25) is 9.59 Å². The molecular formula is C28H36N2O6S2. The molecule has 0 aromatic heterocycles. The van der Waals surface area contributed by atoms with Crippen molar-refractivity contribution in [2.75, 3.05) is 14.1 Å². The van der Waals surface area contributed by atoms with Gasteiger partial charge in [-0.1, -0.05) is 73.5 Å². The van der Waals surface area contributed by atoms with Crippen LogP contribution in [0.1, 0.15) is 61.3 Å². The number of aliphatic carboxylic acids is 2. The van der Waals surface area contributed by atoms with Crippen LogP contribution in [-0.4, -0.2) is 69.9 Å². The topological polar surface area (TPSA) is 115 Å². The Morgan fingerprint density at radius 2 is 0.974 bits per heavy atom. The van der Waals surface area contributed by atoms with Crippen molar-refractivity contribution in [2.24, 2.45) is 11.8 Å². The average Bonchev–Trinajstić information content (AvgIpc) is 2.87. The predicted octanol–water partition coefficient (Wildman–Crippen LogP) is 5.63. The SMILES string of the molecule is CC(C)CC(C(=O)O)N(C)C(=O)c1ccccc1SSc1ccccc1C(=O)N(C)C(CC(C)C)C(=O)O. The summed E-state index contributed by atoms with van der Waals surface area (Å²) in [4.78, 5) is 54.1. The lowest BCUT2D eigenvalue weighted by molar-refractivity contribution is -0.143. The number of carbonyl (C=O) groups excluding carboxylic acids is 2. The molecule has 0 bridgehead atoms. The summed E-state index contributed by atoms with van der Waals surface area (Å²) in [5, 5.41) is 19.4. The van der Waals surface area contributed by atoms with Crippen LogP contribution in [0.2, 0.25) is 0 Å². The van der Waals surface area contributed by atoms with Gasteiger partial charge in [0.25, 0.3) is 11.8 Å². The van der Waals surface area contributed by atoms with Crippen LogP contribution in [0.4, 0.5) is 0 Å². The molecule has 0 aliphatic rings. The van der Waals surface area contributed by atoms with Crippen molar-refractivity contribution in [1.29, 1.82) is 0 Å². The molecule has 0 fully saturated rings. The average molecular weight is 561 g/mol. The van der Waals surface area contributed by atoms with Crippen molar-refractivity contribution in [3.05, 3.63) is 59.7 Å². The van der Waals surface area contributed by atoms with Gasteiger partial charge in [0.05, 0.1) is 11.1 Å². The van der Waals surface area contributed by atoms with Gasteiger partial charge >= 0.3 is 11.9 Å². The highest BCUT2D eigenvalue weighted by Gasteiger charge is 2.30. The number of nitrogens with zero attached hydrogens (tertiary/aromatic N) is 2. The smallest absolute Gasteiger partial charge is 0.326 e. The number of carboxylic acids is 2. The minimum absolute atomic E-state index is 0.0972. The van der Waals surface area contributed by atoms with Crippen molar-refractivity contribution in [3.63, 3.8) is 0 Å². The Hall–Kier alpha value is -2.98. The lowest BCUT2D eigenvalue weighted by Crippen LogP contribution is -2.43. The van der Waals surface area contributed by atoms with Crippen LogP contribution in [0.3, 0.4) is 0 Å². The quantitative estimate of drug-likeness (QED) is 0.303. The number of carboxylic acid groups (broad SMARTS) is 2. The Bertz CT molecular complexity index is 1060. The van der Waals surface area contributed by atoms with Crippen molar-refractivity contribution < 1.29 is 29.4 Å². The first-order valence-corrected chi connectivity index (χ1v) is 14.5. The van der Waals surface area contributed by atoms with Crippen molar-refractivity contribution >= 4 is 45.3 Å². The molecular weight excluding hydrogens is 524 g/mol. The van der Waals surface area contributed by atoms with Gasteiger partial charge in [0.2, 0.25) is 0 Å². The highest BCUT2D eigenvalue weighted by Crippen LogP contribution is 2.41. The Kier molecular flexibility index (Phi) is 11.7. The van der Waals surface area contributed by atoms with Crippen LogP contribution in [-0.2, 0) is 9.59 Å². The number of rotatable bonds is 13. The molecule has 0 radical (unpaired) electrons. The molecule has 2 amide bonds. The molecule has 10 heteroatoms. The normalized spacial score (nSPS) is 12.7. The number of amides is 2. The maximum atomic E-state index is 13.3. The molecule has 2 aromatic rings. The molecule has 2 aromatic carbocycles. The summed E-state index contributed by atoms with van der Waals surface area (Å²) in [6.45, 7) is 7.64. The summed E-state index contributed by atoms with van der Waals surface area (Å²) in [6.07, 6.45) is 0.664. The van der Waals surface area contributed by atoms with E-state index in [1.807, 2.05) is 27.7 Å². The van der Waals surface area contributed by atoms with Crippen LogP contribution in [0, 0.1) is 11.8 Å². The molecule has 206 valence electrons. The number of hydrogen-bond acceptors (Lipinski definition) is 6. The zero-order valence-electron chi connectivity index (χ0n) is 22.6. The van der Waals surface area contributed by atoms with Crippen molar-refractivity contribution in [2.45, 2.75) is 62.4 Å². The molecule has 0 heterocycles. The van der Waals surface area contributed by atoms with Gasteiger partial charge < -0.3 is 20.0 Å². The monoisotopic (exact) mass is 560 g/mol. The minimum Gasteiger partial charge on any atom is -0.480 e. The maximum Gasteiger partial charge on any atom is 0.326 e. The number of carbonyl (C=O) groups is 4. The van der Waals surface area contributed by atoms with Crippen LogP contribution >= 0.6 is 21.6 Å². The van der Waals surface area contributed by atoms with Gasteiger partial charge in [-0.25, -0.2) is 9.59 Å². The van der Waals surface area contributed by atoms with E-state index in [-0.39, 0.29) is 11.8 Å². The fourth-order valence-electron chi connectivity index (χ4n) is 3.93. The fourth-order valence-corrected chi connectivity index (χ4v) is 6.28. The Morgan fingerprint density at radius 1 is 0.658 bits per heavy atom. The second kappa shape index (κ2) is 14.2. The van der Waals surface area contributed by atoms with E-state index < -0.39 is 35.8 Å². The van der Waals surface area contributed by atoms with Gasteiger partial charge in [-0.05, 0) is 48.9 Å². The Morgan fingerprint density at radius 3 is 1.26 bits per heavy atom. The third kappa shape index (κ3) is 8.26. The fraction of sp³-hybridized carbons (Fsp3) is 0.429. The summed E-state index contributed by atoms with van der Waals surface area (Å²) >= 11 is 0. The van der Waals surface area contributed by atoms with E-state index in [0.29, 0.717) is 33.8 Å². The Labute approximate surface area is 232 Å². The summed E-state index contributed by atoms with van der Waals surface area (Å²) in [5.41, 5.74) is 0.734. The van der Waals surface area contributed by atoms with E-state index in [9.17, 15) is 29.4 Å². The predicted molar refractivity (Wildman–Crippen MR) is 151 cm³/mol. The second-order valence-corrected chi connectivity index (χ2v) is 12.2. The van der Waals surface area contributed by atoms with Gasteiger partial charge in [0.1, 0.15) is 12.1 Å². The molecule has 8 nitrogen and oxygen atoms in total. The maximum absolute atomic E-state index is 13.3. The molecule has 2 atom stereocenters. The molecule has 0 aliphatic carbocycles. The van der Waals surface area contributed by atoms with Gasteiger partial charge in [0, 0.05) is 23.9 Å². The second-order valence-electron chi connectivity index (χ2n) is 9.96. The molecule has 0 saturated carbocycles. The molecule has 2 N–H and O–H groups in total. The van der Waals surface area contributed by atoms with E-state index in [4.69, 9.17) is 0 Å². The lowest BCUT2D eigenvalue weighted by atomic mass is 10.0. The highest BCUT2D eigenvalue weighted by molar-refractivity contribution is 8.76. The molecule has 2 unspecified atom stereocenters. The first-order chi connectivity index (χ1) is 17.8. The number of benzene rings is 2. The number of likely N-dealkylation sites (N-methyl/N-ethyl adjacent to an activating group) is 2. The van der Waals surface area contributed by atoms with Gasteiger partial charge in [-0.2, -0.15) is 0 Å². The largest absolute Gasteiger partial charge is 0.480 e. The van der Waals surface area contributed by atoms with E-state index >= 15 is 0 Å². The molecule has 2 rings (SSSR count).